The molecule has 2 aromatic rings. The number of hydrogen-bond acceptors (Lipinski definition) is 4. The molecule has 2 amide bonds. The van der Waals surface area contributed by atoms with Crippen molar-refractivity contribution in [1.29, 1.82) is 0 Å². The van der Waals surface area contributed by atoms with E-state index in [-0.39, 0.29) is 5.56 Å². The van der Waals surface area contributed by atoms with Gasteiger partial charge in [-0.25, -0.2) is 9.00 Å². The van der Waals surface area contributed by atoms with Crippen LogP contribution >= 0.6 is 15.9 Å². The molecule has 1 aromatic heterocycles. The molecule has 1 atom stereocenters. The number of nitrogens with zero attached hydrogens (tertiary/aromatic N) is 2. The Balaban J connectivity index is 2.31. The van der Waals surface area contributed by atoms with Crippen LogP contribution < -0.4 is 5.32 Å². The van der Waals surface area contributed by atoms with Gasteiger partial charge in [-0.05, 0) is 46.3 Å². The Morgan fingerprint density at radius 2 is 1.91 bits per heavy atom. The second-order valence-electron chi connectivity index (χ2n) is 4.55. The SMILES string of the molecule is CS(=O)(=NC(=O)c1cncc(Br)c1)c1ccc(NC(=O)O)cc1. The Labute approximate surface area is 141 Å². The van der Waals surface area contributed by atoms with Crippen LogP contribution in [0.4, 0.5) is 10.5 Å². The number of amides is 2. The monoisotopic (exact) mass is 397 g/mol. The first-order valence-corrected chi connectivity index (χ1v) is 8.96. The molecule has 1 aromatic carbocycles. The van der Waals surface area contributed by atoms with Crippen LogP contribution in [0.15, 0.2) is 56.5 Å². The maximum absolute atomic E-state index is 12.6. The molecule has 9 heteroatoms. The van der Waals surface area contributed by atoms with Gasteiger partial charge in [0.25, 0.3) is 5.91 Å². The molecule has 2 N–H and O–H groups in total. The highest BCUT2D eigenvalue weighted by Gasteiger charge is 2.12. The molecule has 0 bridgehead atoms. The minimum atomic E-state index is -2.96. The van der Waals surface area contributed by atoms with Gasteiger partial charge in [-0.3, -0.25) is 15.1 Å². The van der Waals surface area contributed by atoms with Crippen LogP contribution in [0.1, 0.15) is 10.4 Å². The number of rotatable bonds is 3. The van der Waals surface area contributed by atoms with Crippen molar-refractivity contribution in [1.82, 2.24) is 4.98 Å². The van der Waals surface area contributed by atoms with Gasteiger partial charge in [0.2, 0.25) is 0 Å². The number of pyridine rings is 1. The number of nitrogens with one attached hydrogen (secondary N) is 1. The minimum absolute atomic E-state index is 0.220. The van der Waals surface area contributed by atoms with Gasteiger partial charge in [0.15, 0.2) is 0 Å². The van der Waals surface area contributed by atoms with Gasteiger partial charge in [-0.15, -0.1) is 0 Å². The normalized spacial score (nSPS) is 13.0. The fourth-order valence-electron chi connectivity index (χ4n) is 1.71. The summed E-state index contributed by atoms with van der Waals surface area (Å²) in [4.78, 5) is 26.8. The maximum Gasteiger partial charge on any atom is 0.409 e. The van der Waals surface area contributed by atoms with Gasteiger partial charge < -0.3 is 5.11 Å². The van der Waals surface area contributed by atoms with E-state index in [1.54, 1.807) is 0 Å². The highest BCUT2D eigenvalue weighted by atomic mass is 79.9. The number of benzene rings is 1. The van der Waals surface area contributed by atoms with E-state index in [0.29, 0.717) is 15.1 Å². The summed E-state index contributed by atoms with van der Waals surface area (Å²) in [6.07, 6.45) is 3.01. The predicted molar refractivity (Wildman–Crippen MR) is 89.1 cm³/mol. The molecule has 0 aliphatic carbocycles. The average molecular weight is 398 g/mol. The molecule has 0 spiro atoms. The summed E-state index contributed by atoms with van der Waals surface area (Å²) < 4.78 is 17.0. The average Bonchev–Trinajstić information content (AvgIpc) is 2.46. The van der Waals surface area contributed by atoms with Crippen molar-refractivity contribution >= 4 is 43.3 Å². The fourth-order valence-corrected chi connectivity index (χ4v) is 3.24. The minimum Gasteiger partial charge on any atom is -0.465 e. The molecule has 23 heavy (non-hydrogen) atoms. The van der Waals surface area contributed by atoms with Crippen LogP contribution in [-0.4, -0.2) is 32.6 Å². The van der Waals surface area contributed by atoms with E-state index in [2.05, 4.69) is 30.6 Å². The van der Waals surface area contributed by atoms with Crippen molar-refractivity contribution in [2.75, 3.05) is 11.6 Å². The van der Waals surface area contributed by atoms with Crippen molar-refractivity contribution in [2.24, 2.45) is 4.36 Å². The van der Waals surface area contributed by atoms with Crippen molar-refractivity contribution < 1.29 is 18.9 Å². The highest BCUT2D eigenvalue weighted by molar-refractivity contribution is 9.10. The molecule has 0 aliphatic heterocycles. The Morgan fingerprint density at radius 1 is 1.26 bits per heavy atom. The Bertz CT molecular complexity index is 874. The maximum atomic E-state index is 12.6. The quantitative estimate of drug-likeness (QED) is 0.825. The standard InChI is InChI=1S/C14H12BrN3O4S/c1-23(22,12-4-2-11(3-5-12)17-14(20)21)18-13(19)9-6-10(15)8-16-7-9/h2-8,17H,1H3,(H,20,21). The molecular weight excluding hydrogens is 386 g/mol. The molecule has 0 aliphatic rings. The van der Waals surface area contributed by atoms with Gasteiger partial charge in [-0.1, -0.05) is 0 Å². The van der Waals surface area contributed by atoms with Crippen LogP contribution in [0.25, 0.3) is 0 Å². The lowest BCUT2D eigenvalue weighted by molar-refractivity contribution is 0.100. The Hall–Kier alpha value is -2.26. The van der Waals surface area contributed by atoms with Crippen LogP contribution in [0, 0.1) is 0 Å². The molecule has 0 radical (unpaired) electrons. The van der Waals surface area contributed by atoms with Crippen molar-refractivity contribution in [3.05, 3.63) is 52.8 Å². The third kappa shape index (κ3) is 4.60. The second kappa shape index (κ2) is 6.88. The van der Waals surface area contributed by atoms with Crippen LogP contribution in [0.5, 0.6) is 0 Å². The van der Waals surface area contributed by atoms with Gasteiger partial charge in [0, 0.05) is 33.7 Å². The van der Waals surface area contributed by atoms with Gasteiger partial charge in [0.1, 0.15) is 0 Å². The second-order valence-corrected chi connectivity index (χ2v) is 7.72. The molecule has 2 rings (SSSR count). The number of carboxylic acid groups (broad SMARTS) is 1. The van der Waals surface area contributed by atoms with Gasteiger partial charge in [-0.2, -0.15) is 4.36 Å². The highest BCUT2D eigenvalue weighted by Crippen LogP contribution is 2.17. The molecule has 1 heterocycles. The lowest BCUT2D eigenvalue weighted by Gasteiger charge is -2.06. The zero-order valence-corrected chi connectivity index (χ0v) is 14.3. The number of halogens is 1. The topological polar surface area (TPSA) is 109 Å². The molecule has 120 valence electrons. The van der Waals surface area contributed by atoms with Crippen molar-refractivity contribution in [3.63, 3.8) is 0 Å². The van der Waals surface area contributed by atoms with Gasteiger partial charge in [0.05, 0.1) is 15.3 Å². The lowest BCUT2D eigenvalue weighted by Crippen LogP contribution is -2.08. The van der Waals surface area contributed by atoms with Crippen molar-refractivity contribution in [2.45, 2.75) is 4.90 Å². The number of anilines is 1. The molecule has 1 unspecified atom stereocenters. The first kappa shape index (κ1) is 17.1. The molecule has 0 fully saturated rings. The summed E-state index contributed by atoms with van der Waals surface area (Å²) in [5.74, 6) is -0.640. The predicted octanol–water partition coefficient (Wildman–Crippen LogP) is 3.23. The Morgan fingerprint density at radius 3 is 2.48 bits per heavy atom. The molecule has 7 nitrogen and oxygen atoms in total. The summed E-state index contributed by atoms with van der Waals surface area (Å²) in [6.45, 7) is 0. The fraction of sp³-hybridized carbons (Fsp3) is 0.0714. The summed E-state index contributed by atoms with van der Waals surface area (Å²) in [7, 11) is -2.96. The first-order chi connectivity index (χ1) is 10.8. The van der Waals surface area contributed by atoms with E-state index in [0.717, 1.165) is 0 Å². The summed E-state index contributed by atoms with van der Waals surface area (Å²) in [5, 5.41) is 10.8. The van der Waals surface area contributed by atoms with Crippen LogP contribution in [0.3, 0.4) is 0 Å². The van der Waals surface area contributed by atoms with E-state index in [9.17, 15) is 13.8 Å². The van der Waals surface area contributed by atoms with Crippen molar-refractivity contribution in [3.8, 4) is 0 Å². The lowest BCUT2D eigenvalue weighted by atomic mass is 10.3. The van der Waals surface area contributed by atoms with Crippen LogP contribution in [0.2, 0.25) is 0 Å². The molecular formula is C14H12BrN3O4S. The van der Waals surface area contributed by atoms with E-state index in [1.807, 2.05) is 0 Å². The van der Waals surface area contributed by atoms with E-state index < -0.39 is 21.7 Å². The number of carbonyl (C=O) groups is 2. The largest absolute Gasteiger partial charge is 0.465 e. The molecule has 0 saturated heterocycles. The number of hydrogen-bond donors (Lipinski definition) is 2. The van der Waals surface area contributed by atoms with Crippen LogP contribution in [-0.2, 0) is 9.73 Å². The summed E-state index contributed by atoms with van der Waals surface area (Å²) in [5.41, 5.74) is 0.553. The first-order valence-electron chi connectivity index (χ1n) is 6.25. The summed E-state index contributed by atoms with van der Waals surface area (Å²) >= 11 is 3.20. The Kier molecular flexibility index (Phi) is 5.12. The van der Waals surface area contributed by atoms with Gasteiger partial charge >= 0.3 is 6.09 Å². The van der Waals surface area contributed by atoms with E-state index >= 15 is 0 Å². The molecule has 0 saturated carbocycles. The zero-order valence-electron chi connectivity index (χ0n) is 11.9. The summed E-state index contributed by atoms with van der Waals surface area (Å²) in [6, 6.07) is 7.36. The van der Waals surface area contributed by atoms with E-state index in [4.69, 9.17) is 5.11 Å². The van der Waals surface area contributed by atoms with E-state index in [1.165, 1.54) is 49.0 Å². The zero-order chi connectivity index (χ0) is 17.0. The third-order valence-corrected chi connectivity index (χ3v) is 4.85. The third-order valence-electron chi connectivity index (χ3n) is 2.75. The number of aromatic nitrogens is 1. The number of carbonyl (C=O) groups excluding carboxylic acids is 1. The smallest absolute Gasteiger partial charge is 0.409 e.